The van der Waals surface area contributed by atoms with E-state index in [1.54, 1.807) is 11.3 Å². The lowest BCUT2D eigenvalue weighted by Crippen LogP contribution is -2.30. The molecule has 3 aromatic heterocycles. The summed E-state index contributed by atoms with van der Waals surface area (Å²) in [5.74, 6) is 0.863. The second-order valence-corrected chi connectivity index (χ2v) is 16.9. The molecule has 0 radical (unpaired) electrons. The fraction of sp³-hybridized carbons (Fsp3) is 0.0741. The van der Waals surface area contributed by atoms with Crippen LogP contribution in [0.5, 0.6) is 0 Å². The number of aryl methyl sites for hydroxylation is 1. The van der Waals surface area contributed by atoms with E-state index in [1.807, 2.05) is 0 Å². The van der Waals surface area contributed by atoms with Crippen LogP contribution in [-0.2, 0) is 6.42 Å². The molecule has 5 heteroatoms. The van der Waals surface area contributed by atoms with Crippen LogP contribution in [0.1, 0.15) is 39.5 Å². The quantitative estimate of drug-likeness (QED) is 0.179. The predicted octanol–water partition coefficient (Wildman–Crippen LogP) is 14.4. The number of anilines is 2. The van der Waals surface area contributed by atoms with Gasteiger partial charge in [0.05, 0.1) is 27.6 Å². The fourth-order valence-electron chi connectivity index (χ4n) is 10.2. The SMILES string of the molecule is C1=Cc2sc3c(-c4ccccc4)nc(-c4cccc5oc6c(N7c8cc(-c9ccccc9)c9ccccc9c8C8c9ccccc9C=CC87)cccc6c45)nc3c2CC1. The lowest BCUT2D eigenvalue weighted by molar-refractivity contribution is 0.662. The van der Waals surface area contributed by atoms with Gasteiger partial charge in [0.1, 0.15) is 5.58 Å². The monoisotopic (exact) mass is 773 g/mol. The molecular weight excluding hydrogens is 739 g/mol. The lowest BCUT2D eigenvalue weighted by Gasteiger charge is -2.31. The van der Waals surface area contributed by atoms with Crippen molar-refractivity contribution >= 4 is 77.8 Å². The summed E-state index contributed by atoms with van der Waals surface area (Å²) in [5, 5.41) is 4.66. The summed E-state index contributed by atoms with van der Waals surface area (Å²) >= 11 is 1.81. The van der Waals surface area contributed by atoms with E-state index in [1.165, 1.54) is 54.7 Å². The maximum atomic E-state index is 7.07. The largest absolute Gasteiger partial charge is 0.454 e. The zero-order valence-corrected chi connectivity index (χ0v) is 32.8. The molecule has 0 amide bonds. The van der Waals surface area contributed by atoms with E-state index < -0.39 is 0 Å². The number of hydrogen-bond donors (Lipinski definition) is 0. The minimum absolute atomic E-state index is 0.0469. The maximum absolute atomic E-state index is 7.07. The number of furan rings is 1. The molecule has 7 aromatic carbocycles. The minimum atomic E-state index is 0.0469. The Morgan fingerprint density at radius 3 is 2.29 bits per heavy atom. The van der Waals surface area contributed by atoms with E-state index in [4.69, 9.17) is 14.4 Å². The zero-order valence-electron chi connectivity index (χ0n) is 32.0. The lowest BCUT2D eigenvalue weighted by atomic mass is 9.79. The molecule has 4 heterocycles. The van der Waals surface area contributed by atoms with Gasteiger partial charge in [-0.15, -0.1) is 11.3 Å². The molecule has 59 heavy (non-hydrogen) atoms. The molecule has 0 N–H and O–H groups in total. The zero-order chi connectivity index (χ0) is 38.6. The first-order valence-corrected chi connectivity index (χ1v) is 21.3. The van der Waals surface area contributed by atoms with Crippen molar-refractivity contribution in [1.29, 1.82) is 0 Å². The van der Waals surface area contributed by atoms with Crippen LogP contribution in [0.4, 0.5) is 11.4 Å². The van der Waals surface area contributed by atoms with E-state index in [9.17, 15) is 0 Å². The molecule has 2 aliphatic carbocycles. The van der Waals surface area contributed by atoms with Gasteiger partial charge in [0.15, 0.2) is 11.4 Å². The predicted molar refractivity (Wildman–Crippen MR) is 246 cm³/mol. The van der Waals surface area contributed by atoms with E-state index in [-0.39, 0.29) is 12.0 Å². The van der Waals surface area contributed by atoms with Gasteiger partial charge in [0.2, 0.25) is 0 Å². The van der Waals surface area contributed by atoms with Gasteiger partial charge in [-0.1, -0.05) is 152 Å². The molecule has 4 nitrogen and oxygen atoms in total. The minimum Gasteiger partial charge on any atom is -0.454 e. The molecule has 13 rings (SSSR count). The van der Waals surface area contributed by atoms with Gasteiger partial charge in [0, 0.05) is 38.4 Å². The first kappa shape index (κ1) is 32.9. The molecule has 2 atom stereocenters. The Morgan fingerprint density at radius 2 is 1.41 bits per heavy atom. The maximum Gasteiger partial charge on any atom is 0.161 e. The number of fused-ring (bicyclic) bond motifs is 13. The van der Waals surface area contributed by atoms with E-state index in [0.29, 0.717) is 0 Å². The Labute approximate surface area is 345 Å². The molecule has 10 aromatic rings. The summed E-state index contributed by atoms with van der Waals surface area (Å²) in [6, 6.07) is 54.7. The van der Waals surface area contributed by atoms with Crippen LogP contribution < -0.4 is 4.90 Å². The summed E-state index contributed by atoms with van der Waals surface area (Å²) in [5.41, 5.74) is 15.8. The van der Waals surface area contributed by atoms with Crippen molar-refractivity contribution in [2.45, 2.75) is 24.8 Å². The van der Waals surface area contributed by atoms with Crippen LogP contribution in [0, 0.1) is 0 Å². The normalized spacial score (nSPS) is 16.5. The van der Waals surface area contributed by atoms with Crippen molar-refractivity contribution < 1.29 is 4.42 Å². The third kappa shape index (κ3) is 4.83. The summed E-state index contributed by atoms with van der Waals surface area (Å²) in [6.45, 7) is 0. The van der Waals surface area contributed by atoms with E-state index in [0.717, 1.165) is 73.3 Å². The summed E-state index contributed by atoms with van der Waals surface area (Å²) < 4.78 is 8.22. The Morgan fingerprint density at radius 1 is 0.644 bits per heavy atom. The smallest absolute Gasteiger partial charge is 0.161 e. The number of aromatic nitrogens is 2. The van der Waals surface area contributed by atoms with Crippen molar-refractivity contribution in [1.82, 2.24) is 9.97 Å². The molecule has 1 aliphatic heterocycles. The van der Waals surface area contributed by atoms with E-state index in [2.05, 4.69) is 181 Å². The average Bonchev–Trinajstić information content (AvgIpc) is 3.99. The van der Waals surface area contributed by atoms with Gasteiger partial charge in [-0.2, -0.15) is 0 Å². The van der Waals surface area contributed by atoms with Crippen LogP contribution in [-0.4, -0.2) is 16.0 Å². The van der Waals surface area contributed by atoms with Crippen molar-refractivity contribution in [3.05, 3.63) is 191 Å². The highest BCUT2D eigenvalue weighted by Crippen LogP contribution is 2.57. The van der Waals surface area contributed by atoms with Crippen LogP contribution in [0.15, 0.2) is 168 Å². The highest BCUT2D eigenvalue weighted by molar-refractivity contribution is 7.20. The molecular formula is C54H35N3OS. The second-order valence-electron chi connectivity index (χ2n) is 15.9. The fourth-order valence-corrected chi connectivity index (χ4v) is 11.4. The number of benzene rings is 7. The molecule has 3 aliphatic rings. The molecule has 278 valence electrons. The number of para-hydroxylation sites is 1. The van der Waals surface area contributed by atoms with Gasteiger partial charge < -0.3 is 9.32 Å². The van der Waals surface area contributed by atoms with Gasteiger partial charge in [-0.05, 0) is 81.3 Å². The van der Waals surface area contributed by atoms with Gasteiger partial charge in [0.25, 0.3) is 0 Å². The average molecular weight is 774 g/mol. The van der Waals surface area contributed by atoms with E-state index >= 15 is 0 Å². The molecule has 2 unspecified atom stereocenters. The molecule has 0 fully saturated rings. The Bertz CT molecular complexity index is 3410. The molecule has 0 saturated heterocycles. The summed E-state index contributed by atoms with van der Waals surface area (Å²) in [4.78, 5) is 14.7. The molecule has 0 spiro atoms. The van der Waals surface area contributed by atoms with Crippen LogP contribution >= 0.6 is 11.3 Å². The first-order chi connectivity index (χ1) is 29.3. The third-order valence-electron chi connectivity index (χ3n) is 12.7. The standard InChI is InChI=1S/C54H35N3OS/c1-3-15-32(16-4-1)41-31-44-49(37-22-10-9-21-36(37)41)48-35-20-8-7-17-33(35)29-30-42(48)57(44)43-26-13-24-39-47-40(25-14-27-45(47)58-52(39)43)54-55-50(34-18-5-2-6-19-34)53-51(56-54)38-23-11-12-28-46(38)59-53/h1-10,12-22,24-31,42,48H,11,23H2. The van der Waals surface area contributed by atoms with Crippen molar-refractivity contribution in [3.8, 4) is 33.8 Å². The number of hydrogen-bond acceptors (Lipinski definition) is 5. The van der Waals surface area contributed by atoms with Crippen molar-refractivity contribution in [2.24, 2.45) is 0 Å². The van der Waals surface area contributed by atoms with Crippen LogP contribution in [0.25, 0.3) is 88.9 Å². The second kappa shape index (κ2) is 12.7. The highest BCUT2D eigenvalue weighted by Gasteiger charge is 2.43. The Kier molecular flexibility index (Phi) is 7.10. The van der Waals surface area contributed by atoms with Gasteiger partial charge >= 0.3 is 0 Å². The van der Waals surface area contributed by atoms with Crippen LogP contribution in [0.3, 0.4) is 0 Å². The van der Waals surface area contributed by atoms with Crippen LogP contribution in [0.2, 0.25) is 0 Å². The third-order valence-corrected chi connectivity index (χ3v) is 13.9. The Hall–Kier alpha value is -7.08. The summed E-state index contributed by atoms with van der Waals surface area (Å²) in [6.07, 6.45) is 11.3. The van der Waals surface area contributed by atoms with Crippen molar-refractivity contribution in [2.75, 3.05) is 4.90 Å². The van der Waals surface area contributed by atoms with Gasteiger partial charge in [-0.3, -0.25) is 0 Å². The summed E-state index contributed by atoms with van der Waals surface area (Å²) in [7, 11) is 0. The number of thiophene rings is 1. The number of rotatable bonds is 4. The number of nitrogens with zero attached hydrogens (tertiary/aromatic N) is 3. The van der Waals surface area contributed by atoms with Gasteiger partial charge in [-0.25, -0.2) is 9.97 Å². The molecule has 0 saturated carbocycles. The topological polar surface area (TPSA) is 42.2 Å². The first-order valence-electron chi connectivity index (χ1n) is 20.5. The molecule has 0 bridgehead atoms. The highest BCUT2D eigenvalue weighted by atomic mass is 32.1. The Balaban J connectivity index is 1.06. The number of allylic oxidation sites excluding steroid dienone is 1. The van der Waals surface area contributed by atoms with Crippen molar-refractivity contribution in [3.63, 3.8) is 0 Å².